The standard InChI is InChI=1S/C11H13NO2/c1-4-5-9(3)12-11(13)10-8(2)6-7-14-10/h1,6-7,9H,5H2,2-3H3,(H,12,13). The second-order valence-electron chi connectivity index (χ2n) is 3.22. The van der Waals surface area contributed by atoms with Gasteiger partial charge in [-0.25, -0.2) is 0 Å². The smallest absolute Gasteiger partial charge is 0.287 e. The number of nitrogens with one attached hydrogen (secondary N) is 1. The average molecular weight is 191 g/mol. The summed E-state index contributed by atoms with van der Waals surface area (Å²) in [4.78, 5) is 11.5. The molecule has 0 saturated carbocycles. The summed E-state index contributed by atoms with van der Waals surface area (Å²) in [6, 6.07) is 1.72. The van der Waals surface area contributed by atoms with Crippen LogP contribution in [-0.4, -0.2) is 11.9 Å². The Morgan fingerprint density at radius 1 is 1.79 bits per heavy atom. The van der Waals surface area contributed by atoms with Gasteiger partial charge in [0.15, 0.2) is 5.76 Å². The lowest BCUT2D eigenvalue weighted by Gasteiger charge is -2.09. The summed E-state index contributed by atoms with van der Waals surface area (Å²) in [5, 5.41) is 2.75. The first-order chi connectivity index (χ1) is 6.65. The molecular weight excluding hydrogens is 178 g/mol. The number of rotatable bonds is 3. The Morgan fingerprint density at radius 3 is 3.00 bits per heavy atom. The summed E-state index contributed by atoms with van der Waals surface area (Å²) in [5.74, 6) is 2.63. The molecule has 0 aliphatic rings. The molecule has 14 heavy (non-hydrogen) atoms. The van der Waals surface area contributed by atoms with E-state index >= 15 is 0 Å². The van der Waals surface area contributed by atoms with Crippen LogP contribution in [0, 0.1) is 19.3 Å². The molecule has 0 saturated heterocycles. The molecule has 0 aromatic carbocycles. The first kappa shape index (κ1) is 10.4. The summed E-state index contributed by atoms with van der Waals surface area (Å²) in [6.07, 6.45) is 7.14. The zero-order chi connectivity index (χ0) is 10.6. The number of amides is 1. The van der Waals surface area contributed by atoms with Crippen molar-refractivity contribution in [1.82, 2.24) is 5.32 Å². The molecule has 1 unspecified atom stereocenters. The van der Waals surface area contributed by atoms with Crippen LogP contribution >= 0.6 is 0 Å². The molecule has 0 fully saturated rings. The van der Waals surface area contributed by atoms with E-state index in [0.29, 0.717) is 12.2 Å². The summed E-state index contributed by atoms with van der Waals surface area (Å²) in [7, 11) is 0. The summed E-state index contributed by atoms with van der Waals surface area (Å²) in [5.41, 5.74) is 0.829. The third-order valence-corrected chi connectivity index (χ3v) is 1.87. The van der Waals surface area contributed by atoms with Gasteiger partial charge in [-0.2, -0.15) is 0 Å². The molecule has 74 valence electrons. The maximum Gasteiger partial charge on any atom is 0.287 e. The van der Waals surface area contributed by atoms with Crippen LogP contribution in [0.15, 0.2) is 16.7 Å². The Labute approximate surface area is 83.5 Å². The first-order valence-corrected chi connectivity index (χ1v) is 4.43. The van der Waals surface area contributed by atoms with Crippen molar-refractivity contribution in [2.45, 2.75) is 26.3 Å². The zero-order valence-corrected chi connectivity index (χ0v) is 8.33. The minimum Gasteiger partial charge on any atom is -0.459 e. The molecule has 0 bridgehead atoms. The maximum atomic E-state index is 11.5. The van der Waals surface area contributed by atoms with Gasteiger partial charge in [-0.3, -0.25) is 4.79 Å². The van der Waals surface area contributed by atoms with Crippen LogP contribution in [0.1, 0.15) is 29.5 Å². The highest BCUT2D eigenvalue weighted by molar-refractivity contribution is 5.92. The van der Waals surface area contributed by atoms with Gasteiger partial charge in [-0.05, 0) is 19.9 Å². The third-order valence-electron chi connectivity index (χ3n) is 1.87. The van der Waals surface area contributed by atoms with E-state index in [1.807, 2.05) is 13.8 Å². The van der Waals surface area contributed by atoms with Crippen LogP contribution in [0.5, 0.6) is 0 Å². The van der Waals surface area contributed by atoms with Crippen molar-refractivity contribution in [2.24, 2.45) is 0 Å². The fourth-order valence-electron chi connectivity index (χ4n) is 1.12. The van der Waals surface area contributed by atoms with E-state index in [0.717, 1.165) is 5.56 Å². The number of hydrogen-bond donors (Lipinski definition) is 1. The molecule has 0 aliphatic heterocycles. The van der Waals surface area contributed by atoms with Gasteiger partial charge in [0.05, 0.1) is 6.26 Å². The lowest BCUT2D eigenvalue weighted by atomic mass is 10.2. The molecule has 3 nitrogen and oxygen atoms in total. The molecule has 1 atom stereocenters. The van der Waals surface area contributed by atoms with Crippen molar-refractivity contribution in [3.05, 3.63) is 23.7 Å². The van der Waals surface area contributed by atoms with Crippen LogP contribution in [0.25, 0.3) is 0 Å². The van der Waals surface area contributed by atoms with Gasteiger partial charge >= 0.3 is 0 Å². The fraction of sp³-hybridized carbons (Fsp3) is 0.364. The van der Waals surface area contributed by atoms with Crippen LogP contribution < -0.4 is 5.32 Å². The summed E-state index contributed by atoms with van der Waals surface area (Å²) < 4.78 is 5.04. The van der Waals surface area contributed by atoms with Crippen LogP contribution in [0.3, 0.4) is 0 Å². The van der Waals surface area contributed by atoms with Crippen molar-refractivity contribution in [3.8, 4) is 12.3 Å². The normalized spacial score (nSPS) is 11.8. The summed E-state index contributed by atoms with van der Waals surface area (Å²) >= 11 is 0. The van der Waals surface area contributed by atoms with E-state index in [9.17, 15) is 4.79 Å². The topological polar surface area (TPSA) is 42.2 Å². The predicted octanol–water partition coefficient (Wildman–Crippen LogP) is 1.73. The molecular formula is C11H13NO2. The van der Waals surface area contributed by atoms with E-state index in [1.165, 1.54) is 6.26 Å². The quantitative estimate of drug-likeness (QED) is 0.739. The van der Waals surface area contributed by atoms with E-state index < -0.39 is 0 Å². The van der Waals surface area contributed by atoms with Gasteiger partial charge in [-0.15, -0.1) is 12.3 Å². The molecule has 1 heterocycles. The number of furan rings is 1. The Bertz CT molecular complexity index is 360. The first-order valence-electron chi connectivity index (χ1n) is 4.43. The largest absolute Gasteiger partial charge is 0.459 e. The molecule has 3 heteroatoms. The van der Waals surface area contributed by atoms with Gasteiger partial charge in [0, 0.05) is 18.0 Å². The average Bonchev–Trinajstić information content (AvgIpc) is 2.51. The molecule has 0 aliphatic carbocycles. The third kappa shape index (κ3) is 2.40. The predicted molar refractivity (Wildman–Crippen MR) is 53.8 cm³/mol. The number of carbonyl (C=O) groups excluding carboxylic acids is 1. The van der Waals surface area contributed by atoms with Crippen LogP contribution in [0.4, 0.5) is 0 Å². The zero-order valence-electron chi connectivity index (χ0n) is 8.33. The van der Waals surface area contributed by atoms with Crippen molar-refractivity contribution >= 4 is 5.91 Å². The van der Waals surface area contributed by atoms with Crippen molar-refractivity contribution in [2.75, 3.05) is 0 Å². The van der Waals surface area contributed by atoms with Gasteiger partial charge in [0.2, 0.25) is 0 Å². The molecule has 1 rings (SSSR count). The Morgan fingerprint density at radius 2 is 2.50 bits per heavy atom. The Balaban J connectivity index is 2.60. The van der Waals surface area contributed by atoms with Gasteiger partial charge in [-0.1, -0.05) is 0 Å². The lowest BCUT2D eigenvalue weighted by molar-refractivity contribution is 0.0912. The molecule has 0 spiro atoms. The fourth-order valence-corrected chi connectivity index (χ4v) is 1.12. The number of carbonyl (C=O) groups is 1. The van der Waals surface area contributed by atoms with Crippen molar-refractivity contribution in [3.63, 3.8) is 0 Å². The molecule has 1 N–H and O–H groups in total. The van der Waals surface area contributed by atoms with E-state index in [4.69, 9.17) is 10.8 Å². The van der Waals surface area contributed by atoms with Gasteiger partial charge in [0.1, 0.15) is 0 Å². The number of aryl methyl sites for hydroxylation is 1. The highest BCUT2D eigenvalue weighted by atomic mass is 16.3. The summed E-state index contributed by atoms with van der Waals surface area (Å²) in [6.45, 7) is 3.68. The monoisotopic (exact) mass is 191 g/mol. The van der Waals surface area contributed by atoms with E-state index in [2.05, 4.69) is 11.2 Å². The molecule has 1 amide bonds. The Kier molecular flexibility index (Phi) is 3.35. The van der Waals surface area contributed by atoms with Crippen molar-refractivity contribution < 1.29 is 9.21 Å². The van der Waals surface area contributed by atoms with E-state index in [-0.39, 0.29) is 11.9 Å². The molecule has 0 radical (unpaired) electrons. The Hall–Kier alpha value is -1.69. The van der Waals surface area contributed by atoms with Crippen LogP contribution in [0.2, 0.25) is 0 Å². The van der Waals surface area contributed by atoms with Crippen LogP contribution in [-0.2, 0) is 0 Å². The second kappa shape index (κ2) is 4.52. The van der Waals surface area contributed by atoms with Gasteiger partial charge < -0.3 is 9.73 Å². The van der Waals surface area contributed by atoms with Crippen molar-refractivity contribution in [1.29, 1.82) is 0 Å². The van der Waals surface area contributed by atoms with E-state index in [1.54, 1.807) is 6.07 Å². The maximum absolute atomic E-state index is 11.5. The minimum atomic E-state index is -0.213. The van der Waals surface area contributed by atoms with Gasteiger partial charge in [0.25, 0.3) is 5.91 Å². The SMILES string of the molecule is C#CCC(C)NC(=O)c1occc1C. The number of terminal acetylenes is 1. The minimum absolute atomic E-state index is 0.0306. The highest BCUT2D eigenvalue weighted by Crippen LogP contribution is 2.08. The second-order valence-corrected chi connectivity index (χ2v) is 3.22. The number of hydrogen-bond acceptors (Lipinski definition) is 2. The molecule has 1 aromatic rings. The lowest BCUT2D eigenvalue weighted by Crippen LogP contribution is -2.32. The molecule has 1 aromatic heterocycles. The highest BCUT2D eigenvalue weighted by Gasteiger charge is 2.14.